The van der Waals surface area contributed by atoms with Gasteiger partial charge in [-0.25, -0.2) is 4.74 Å². The van der Waals surface area contributed by atoms with Gasteiger partial charge in [0.15, 0.2) is 11.8 Å². The van der Waals surface area contributed by atoms with E-state index in [2.05, 4.69) is 0 Å². The summed E-state index contributed by atoms with van der Waals surface area (Å²) in [5.41, 5.74) is -1.06. The van der Waals surface area contributed by atoms with E-state index in [1.807, 2.05) is 0 Å². The third-order valence-corrected chi connectivity index (χ3v) is 4.24. The predicted molar refractivity (Wildman–Crippen MR) is 86.1 cm³/mol. The molecule has 1 aromatic carbocycles. The van der Waals surface area contributed by atoms with Crippen LogP contribution in [0.25, 0.3) is 0 Å². The molecule has 8 nitrogen and oxygen atoms in total. The Hall–Kier alpha value is 1.78. The van der Waals surface area contributed by atoms with Crippen molar-refractivity contribution in [2.45, 2.75) is 36.1 Å². The van der Waals surface area contributed by atoms with Gasteiger partial charge < -0.3 is 5.21 Å². The predicted octanol–water partition coefficient (Wildman–Crippen LogP) is 0.146. The van der Waals surface area contributed by atoms with Crippen LogP contribution in [0.3, 0.4) is 0 Å². The Morgan fingerprint density at radius 2 is 1.52 bits per heavy atom. The number of nitrogens with zero attached hydrogens (tertiary/aromatic N) is 1. The summed E-state index contributed by atoms with van der Waals surface area (Å²) in [7, 11) is -9.42. The van der Waals surface area contributed by atoms with Gasteiger partial charge in [0, 0.05) is 124 Å². The van der Waals surface area contributed by atoms with Gasteiger partial charge in [0.05, 0.1) is 10.5 Å². The van der Waals surface area contributed by atoms with Crippen LogP contribution >= 0.6 is 0 Å². The van der Waals surface area contributed by atoms with Crippen molar-refractivity contribution in [2.24, 2.45) is 0 Å². The van der Waals surface area contributed by atoms with E-state index in [1.165, 1.54) is 0 Å². The van der Waals surface area contributed by atoms with Crippen LogP contribution in [-0.4, -0.2) is 145 Å². The summed E-state index contributed by atoms with van der Waals surface area (Å²) in [6, 6.07) is 2.50. The summed E-state index contributed by atoms with van der Waals surface area (Å²) in [6.07, 6.45) is 0.914. The van der Waals surface area contributed by atoms with E-state index in [0.717, 1.165) is 18.3 Å². The maximum atomic E-state index is 11.8. The van der Waals surface area contributed by atoms with Crippen LogP contribution in [-0.2, 0) is 20.2 Å². The number of hydrogen-bond donors (Lipinski definition) is 2. The van der Waals surface area contributed by atoms with Crippen LogP contribution < -0.4 is 0 Å². The Labute approximate surface area is 220 Å². The second-order valence-electron chi connectivity index (χ2n) is 5.28. The molecule has 0 saturated carbocycles. The molecular formula is C11H15K2NO7S2. The van der Waals surface area contributed by atoms with Gasteiger partial charge in [-0.3, -0.25) is 9.11 Å². The topological polar surface area (TPSA) is 135 Å². The second kappa shape index (κ2) is 9.64. The summed E-state index contributed by atoms with van der Waals surface area (Å²) >= 11 is 0. The summed E-state index contributed by atoms with van der Waals surface area (Å²) in [5, 5.41) is 11.8. The molecule has 1 rings (SSSR count). The molecule has 0 heterocycles. The number of benzene rings is 1. The molecule has 0 aromatic heterocycles. The van der Waals surface area contributed by atoms with Crippen molar-refractivity contribution in [3.63, 3.8) is 0 Å². The molecule has 0 fully saturated rings. The molecule has 1 aromatic rings. The van der Waals surface area contributed by atoms with Crippen molar-refractivity contribution in [1.29, 1.82) is 0 Å². The van der Waals surface area contributed by atoms with Gasteiger partial charge in [0.25, 0.3) is 20.2 Å². The fourth-order valence-electron chi connectivity index (χ4n) is 1.33. The first-order valence-corrected chi connectivity index (χ1v) is 8.51. The molecular weight excluding hydrogens is 400 g/mol. The molecule has 0 atom stereocenters. The van der Waals surface area contributed by atoms with E-state index < -0.39 is 35.6 Å². The average Bonchev–Trinajstić information content (AvgIpc) is 2.25. The summed E-state index contributed by atoms with van der Waals surface area (Å²) in [6.45, 7) is 4.74. The minimum Gasteiger partial charge on any atom is -0.623 e. The Kier molecular flexibility index (Phi) is 11.3. The summed E-state index contributed by atoms with van der Waals surface area (Å²) < 4.78 is 63.1. The van der Waals surface area contributed by atoms with Gasteiger partial charge in [0.1, 0.15) is 4.90 Å². The molecule has 12 heteroatoms. The minimum absolute atomic E-state index is 0. The van der Waals surface area contributed by atoms with Crippen molar-refractivity contribution in [3.8, 4) is 0 Å². The number of rotatable bonds is 3. The fourth-order valence-corrected chi connectivity index (χ4v) is 2.60. The van der Waals surface area contributed by atoms with Crippen molar-refractivity contribution in [2.75, 3.05) is 0 Å². The van der Waals surface area contributed by atoms with E-state index in [0.29, 0.717) is 10.8 Å². The SMILES string of the molecule is CC(C)(C)[N+]([O-])=Cc1ccc(S(=O)(=O)O)cc1S(=O)(=O)O.[K].[K]. The minimum atomic E-state index is -4.78. The van der Waals surface area contributed by atoms with E-state index in [-0.39, 0.29) is 108 Å². The Morgan fingerprint density at radius 1 is 1.04 bits per heavy atom. The molecule has 23 heavy (non-hydrogen) atoms. The van der Waals surface area contributed by atoms with Crippen LogP contribution in [0.15, 0.2) is 28.0 Å². The normalized spacial score (nSPS) is 13.0. The van der Waals surface area contributed by atoms with Crippen LogP contribution in [0.4, 0.5) is 0 Å². The van der Waals surface area contributed by atoms with E-state index >= 15 is 0 Å². The average molecular weight is 416 g/mol. The van der Waals surface area contributed by atoms with Gasteiger partial charge in [0.2, 0.25) is 0 Å². The van der Waals surface area contributed by atoms with Crippen LogP contribution in [0, 0.1) is 5.21 Å². The van der Waals surface area contributed by atoms with Crippen LogP contribution in [0.5, 0.6) is 0 Å². The van der Waals surface area contributed by atoms with Gasteiger partial charge >= 0.3 is 0 Å². The molecule has 0 aliphatic rings. The van der Waals surface area contributed by atoms with E-state index in [9.17, 15) is 22.0 Å². The van der Waals surface area contributed by atoms with Crippen molar-refractivity contribution in [1.82, 2.24) is 0 Å². The van der Waals surface area contributed by atoms with Gasteiger partial charge in [-0.1, -0.05) is 0 Å². The maximum Gasteiger partial charge on any atom is 0.295 e. The zero-order valence-corrected chi connectivity index (χ0v) is 21.4. The monoisotopic (exact) mass is 415 g/mol. The smallest absolute Gasteiger partial charge is 0.295 e. The summed E-state index contributed by atoms with van der Waals surface area (Å²) in [5.74, 6) is 0. The first kappa shape index (κ1) is 27.0. The Balaban J connectivity index is 0. The first-order valence-electron chi connectivity index (χ1n) is 5.63. The van der Waals surface area contributed by atoms with Crippen molar-refractivity contribution < 1.29 is 30.7 Å². The standard InChI is InChI=1S/C11H15NO7S2.2K/c1-11(2,3)12(13)7-8-4-5-9(20(14,15)16)6-10(8)21(17,18)19;;/h4-7H,1-3H3,(H,14,15,16)(H,17,18,19);;. The second-order valence-corrected chi connectivity index (χ2v) is 8.09. The van der Waals surface area contributed by atoms with E-state index in [4.69, 9.17) is 9.11 Å². The zero-order valence-electron chi connectivity index (χ0n) is 13.5. The van der Waals surface area contributed by atoms with Crippen LogP contribution in [0.1, 0.15) is 26.3 Å². The molecule has 0 aliphatic heterocycles. The molecule has 0 bridgehead atoms. The van der Waals surface area contributed by atoms with Gasteiger partial charge in [-0.2, -0.15) is 16.8 Å². The fraction of sp³-hybridized carbons (Fsp3) is 0.364. The first-order chi connectivity index (χ1) is 9.23. The number of hydroxylamine groups is 1. The van der Waals surface area contributed by atoms with Gasteiger partial charge in [-0.05, 0) is 18.2 Å². The molecule has 0 aliphatic carbocycles. The quantitative estimate of drug-likeness (QED) is 0.179. The van der Waals surface area contributed by atoms with E-state index in [1.54, 1.807) is 20.8 Å². The van der Waals surface area contributed by atoms with Crippen molar-refractivity contribution >= 4 is 129 Å². The largest absolute Gasteiger partial charge is 0.623 e. The molecule has 0 saturated heterocycles. The Bertz CT molecular complexity index is 796. The molecule has 0 spiro atoms. The molecule has 0 unspecified atom stereocenters. The van der Waals surface area contributed by atoms with Gasteiger partial charge in [-0.15, -0.1) is 0 Å². The number of hydrogen-bond acceptors (Lipinski definition) is 5. The molecule has 120 valence electrons. The Morgan fingerprint density at radius 3 is 1.87 bits per heavy atom. The maximum absolute atomic E-state index is 11.8. The third-order valence-electron chi connectivity index (χ3n) is 2.48. The zero-order chi connectivity index (χ0) is 16.6. The molecule has 0 amide bonds. The molecule has 2 radical (unpaired) electrons. The van der Waals surface area contributed by atoms with Crippen molar-refractivity contribution in [3.05, 3.63) is 29.0 Å². The third kappa shape index (κ3) is 8.34. The van der Waals surface area contributed by atoms with Crippen LogP contribution in [0.2, 0.25) is 0 Å². The summed E-state index contributed by atoms with van der Waals surface area (Å²) in [4.78, 5) is -1.50. The molecule has 2 N–H and O–H groups in total.